The second-order valence-corrected chi connectivity index (χ2v) is 5.56. The van der Waals surface area contributed by atoms with Crippen molar-refractivity contribution < 1.29 is 19.4 Å². The number of halogens is 1. The maximum absolute atomic E-state index is 10.8. The van der Waals surface area contributed by atoms with Crippen LogP contribution in [0.15, 0.2) is 18.2 Å². The first-order valence-electron chi connectivity index (χ1n) is 7.00. The fourth-order valence-electron chi connectivity index (χ4n) is 2.33. The summed E-state index contributed by atoms with van der Waals surface area (Å²) < 4.78 is 11.2. The first-order valence-corrected chi connectivity index (χ1v) is 7.38. The highest BCUT2D eigenvalue weighted by atomic mass is 35.5. The van der Waals surface area contributed by atoms with Crippen molar-refractivity contribution in [3.63, 3.8) is 0 Å². The van der Waals surface area contributed by atoms with E-state index < -0.39 is 5.97 Å². The summed E-state index contributed by atoms with van der Waals surface area (Å²) in [6.45, 7) is 7.12. The highest BCUT2D eigenvalue weighted by molar-refractivity contribution is 6.32. The van der Waals surface area contributed by atoms with Crippen LogP contribution in [0.25, 0.3) is 0 Å². The Balaban J connectivity index is 1.87. The summed E-state index contributed by atoms with van der Waals surface area (Å²) >= 11 is 6.02. The van der Waals surface area contributed by atoms with Crippen molar-refractivity contribution in [2.75, 3.05) is 26.3 Å². The molecule has 1 aliphatic heterocycles. The number of rotatable bonds is 5. The van der Waals surface area contributed by atoms with Crippen LogP contribution in [-0.4, -0.2) is 54.4 Å². The van der Waals surface area contributed by atoms with Crippen molar-refractivity contribution in [3.05, 3.63) is 28.8 Å². The first kappa shape index (κ1) is 16.1. The molecule has 1 aliphatic rings. The molecule has 0 amide bonds. The van der Waals surface area contributed by atoms with Crippen molar-refractivity contribution >= 4 is 17.6 Å². The zero-order valence-corrected chi connectivity index (χ0v) is 13.0. The van der Waals surface area contributed by atoms with Crippen molar-refractivity contribution in [2.24, 2.45) is 0 Å². The van der Waals surface area contributed by atoms with E-state index >= 15 is 0 Å². The fraction of sp³-hybridized carbons (Fsp3) is 0.533. The van der Waals surface area contributed by atoms with Crippen LogP contribution in [0.5, 0.6) is 5.75 Å². The molecule has 1 N–H and O–H groups in total. The van der Waals surface area contributed by atoms with Gasteiger partial charge in [-0.1, -0.05) is 11.6 Å². The molecule has 2 unspecified atom stereocenters. The Morgan fingerprint density at radius 1 is 1.52 bits per heavy atom. The second-order valence-electron chi connectivity index (χ2n) is 5.15. The predicted octanol–water partition coefficient (Wildman–Crippen LogP) is 2.53. The molecule has 1 aromatic rings. The SMILES string of the molecule is CC1OCCN(CCOc2ccc(C(=O)O)cc2Cl)C1C. The Hall–Kier alpha value is -1.30. The molecule has 1 fully saturated rings. The van der Waals surface area contributed by atoms with E-state index in [9.17, 15) is 4.79 Å². The Kier molecular flexibility index (Phi) is 5.45. The molecule has 0 aliphatic carbocycles. The normalized spacial score (nSPS) is 23.0. The van der Waals surface area contributed by atoms with Crippen LogP contribution in [0.3, 0.4) is 0 Å². The van der Waals surface area contributed by atoms with Crippen LogP contribution in [-0.2, 0) is 4.74 Å². The lowest BCUT2D eigenvalue weighted by Crippen LogP contribution is -2.49. The minimum atomic E-state index is -1.00. The lowest BCUT2D eigenvalue weighted by atomic mass is 10.1. The van der Waals surface area contributed by atoms with E-state index in [-0.39, 0.29) is 11.7 Å². The van der Waals surface area contributed by atoms with Crippen LogP contribution >= 0.6 is 11.6 Å². The first-order chi connectivity index (χ1) is 9.99. The molecule has 0 spiro atoms. The lowest BCUT2D eigenvalue weighted by Gasteiger charge is -2.37. The Bertz CT molecular complexity index is 508. The molecule has 0 aromatic heterocycles. The largest absolute Gasteiger partial charge is 0.491 e. The number of carbonyl (C=O) groups is 1. The maximum atomic E-state index is 10.8. The molecule has 1 aromatic carbocycles. The van der Waals surface area contributed by atoms with Crippen LogP contribution in [0.4, 0.5) is 0 Å². The Morgan fingerprint density at radius 2 is 2.29 bits per heavy atom. The van der Waals surface area contributed by atoms with E-state index in [0.717, 1.165) is 19.7 Å². The van der Waals surface area contributed by atoms with Gasteiger partial charge in [0.2, 0.25) is 0 Å². The van der Waals surface area contributed by atoms with Gasteiger partial charge in [0.25, 0.3) is 0 Å². The Labute approximate surface area is 129 Å². The molecule has 116 valence electrons. The topological polar surface area (TPSA) is 59.0 Å². The van der Waals surface area contributed by atoms with Gasteiger partial charge in [0, 0.05) is 19.1 Å². The number of morpholine rings is 1. The second kappa shape index (κ2) is 7.11. The van der Waals surface area contributed by atoms with Crippen molar-refractivity contribution in [3.8, 4) is 5.75 Å². The highest BCUT2D eigenvalue weighted by Crippen LogP contribution is 2.25. The van der Waals surface area contributed by atoms with E-state index in [2.05, 4.69) is 18.7 Å². The zero-order valence-electron chi connectivity index (χ0n) is 12.2. The van der Waals surface area contributed by atoms with Crippen LogP contribution in [0.1, 0.15) is 24.2 Å². The van der Waals surface area contributed by atoms with Gasteiger partial charge in [0.05, 0.1) is 23.3 Å². The quantitative estimate of drug-likeness (QED) is 0.905. The number of hydrogen-bond acceptors (Lipinski definition) is 4. The van der Waals surface area contributed by atoms with Gasteiger partial charge in [-0.3, -0.25) is 4.90 Å². The molecular weight excluding hydrogens is 294 g/mol. The van der Waals surface area contributed by atoms with Crippen molar-refractivity contribution in [1.29, 1.82) is 0 Å². The number of carboxylic acids is 1. The molecule has 2 atom stereocenters. The van der Waals surface area contributed by atoms with Crippen LogP contribution < -0.4 is 4.74 Å². The molecule has 1 heterocycles. The number of benzene rings is 1. The van der Waals surface area contributed by atoms with Gasteiger partial charge in [-0.15, -0.1) is 0 Å². The van der Waals surface area contributed by atoms with E-state index in [1.165, 1.54) is 12.1 Å². The molecule has 1 saturated heterocycles. The van der Waals surface area contributed by atoms with Gasteiger partial charge in [-0.2, -0.15) is 0 Å². The van der Waals surface area contributed by atoms with Gasteiger partial charge in [-0.25, -0.2) is 4.79 Å². The number of ether oxygens (including phenoxy) is 2. The fourth-order valence-corrected chi connectivity index (χ4v) is 2.57. The minimum Gasteiger partial charge on any atom is -0.491 e. The maximum Gasteiger partial charge on any atom is 0.335 e. The van der Waals surface area contributed by atoms with Crippen molar-refractivity contribution in [2.45, 2.75) is 26.0 Å². The van der Waals surface area contributed by atoms with Gasteiger partial charge < -0.3 is 14.6 Å². The van der Waals surface area contributed by atoms with Gasteiger partial charge in [0.1, 0.15) is 12.4 Å². The molecule has 5 nitrogen and oxygen atoms in total. The van der Waals surface area contributed by atoms with Crippen molar-refractivity contribution in [1.82, 2.24) is 4.90 Å². The van der Waals surface area contributed by atoms with Gasteiger partial charge in [0.15, 0.2) is 0 Å². The summed E-state index contributed by atoms with van der Waals surface area (Å²) in [5, 5.41) is 9.20. The molecule has 6 heteroatoms. The molecule has 21 heavy (non-hydrogen) atoms. The summed E-state index contributed by atoms with van der Waals surface area (Å²) in [4.78, 5) is 13.1. The monoisotopic (exact) mass is 313 g/mol. The van der Waals surface area contributed by atoms with E-state index in [1.54, 1.807) is 6.07 Å². The summed E-state index contributed by atoms with van der Waals surface area (Å²) in [6.07, 6.45) is 0.220. The molecule has 0 saturated carbocycles. The average Bonchev–Trinajstić information content (AvgIpc) is 2.45. The lowest BCUT2D eigenvalue weighted by molar-refractivity contribution is -0.0579. The summed E-state index contributed by atoms with van der Waals surface area (Å²) in [5.74, 6) is -0.491. The standard InChI is InChI=1S/C15H20ClNO4/c1-10-11(2)20-7-5-17(10)6-8-21-14-4-3-12(15(18)19)9-13(14)16/h3-4,9-11H,5-8H2,1-2H3,(H,18,19). The summed E-state index contributed by atoms with van der Waals surface area (Å²) in [5.41, 5.74) is 0.156. The van der Waals surface area contributed by atoms with Gasteiger partial charge in [-0.05, 0) is 32.0 Å². The molecule has 0 bridgehead atoms. The third-order valence-electron chi connectivity index (χ3n) is 3.83. The van der Waals surface area contributed by atoms with E-state index in [1.807, 2.05) is 0 Å². The Morgan fingerprint density at radius 3 is 2.95 bits per heavy atom. The number of hydrogen-bond donors (Lipinski definition) is 1. The van der Waals surface area contributed by atoms with Gasteiger partial charge >= 0.3 is 5.97 Å². The third kappa shape index (κ3) is 4.09. The summed E-state index contributed by atoms with van der Waals surface area (Å²) in [6, 6.07) is 4.84. The van der Waals surface area contributed by atoms with Crippen LogP contribution in [0, 0.1) is 0 Å². The number of nitrogens with zero attached hydrogens (tertiary/aromatic N) is 1. The third-order valence-corrected chi connectivity index (χ3v) is 4.12. The number of carboxylic acid groups (broad SMARTS) is 1. The van der Waals surface area contributed by atoms with Crippen LogP contribution in [0.2, 0.25) is 5.02 Å². The number of aromatic carboxylic acids is 1. The smallest absolute Gasteiger partial charge is 0.335 e. The summed E-state index contributed by atoms with van der Waals surface area (Å²) in [7, 11) is 0. The minimum absolute atomic E-state index is 0.156. The molecular formula is C15H20ClNO4. The van der Waals surface area contributed by atoms with E-state index in [4.69, 9.17) is 26.2 Å². The zero-order chi connectivity index (χ0) is 15.4. The van der Waals surface area contributed by atoms with E-state index in [0.29, 0.717) is 23.4 Å². The highest BCUT2D eigenvalue weighted by Gasteiger charge is 2.24. The average molecular weight is 314 g/mol. The molecule has 2 rings (SSSR count). The molecule has 0 radical (unpaired) electrons. The predicted molar refractivity (Wildman–Crippen MR) is 80.4 cm³/mol.